The first-order valence-corrected chi connectivity index (χ1v) is 6.53. The number of aromatic nitrogens is 3. The standard InChI is InChI=1S/C14H16N4O3/c19-13(6-7-18-9-15-16-10-18)17-12(8-14(20)21)11-4-2-1-3-5-11/h1-5,9-10,12H,6-8H2,(H,17,19)(H,20,21)/t12-/m0/s1. The van der Waals surface area contributed by atoms with Crippen molar-refractivity contribution >= 4 is 11.9 Å². The first kappa shape index (κ1) is 14.7. The Kier molecular flexibility index (Phi) is 5.03. The summed E-state index contributed by atoms with van der Waals surface area (Å²) in [7, 11) is 0. The summed E-state index contributed by atoms with van der Waals surface area (Å²) in [6.07, 6.45) is 3.14. The van der Waals surface area contributed by atoms with Gasteiger partial charge in [-0.1, -0.05) is 30.3 Å². The quantitative estimate of drug-likeness (QED) is 0.792. The lowest BCUT2D eigenvalue weighted by molar-refractivity contribution is -0.137. The van der Waals surface area contributed by atoms with Crippen molar-refractivity contribution < 1.29 is 14.7 Å². The van der Waals surface area contributed by atoms with Crippen molar-refractivity contribution in [3.63, 3.8) is 0 Å². The number of aryl methyl sites for hydroxylation is 1. The fraction of sp³-hybridized carbons (Fsp3) is 0.286. The molecule has 1 aromatic carbocycles. The predicted molar refractivity (Wildman–Crippen MR) is 74.2 cm³/mol. The lowest BCUT2D eigenvalue weighted by Gasteiger charge is -2.17. The molecule has 7 nitrogen and oxygen atoms in total. The molecule has 0 radical (unpaired) electrons. The van der Waals surface area contributed by atoms with E-state index in [0.717, 1.165) is 5.56 Å². The second-order valence-corrected chi connectivity index (χ2v) is 4.58. The maximum Gasteiger partial charge on any atom is 0.305 e. The Bertz CT molecular complexity index is 584. The Balaban J connectivity index is 1.94. The molecule has 1 heterocycles. The van der Waals surface area contributed by atoms with Gasteiger partial charge in [0.25, 0.3) is 0 Å². The van der Waals surface area contributed by atoms with Gasteiger partial charge in [-0.3, -0.25) is 9.59 Å². The number of carbonyl (C=O) groups is 2. The second kappa shape index (κ2) is 7.18. The zero-order valence-electron chi connectivity index (χ0n) is 11.3. The van der Waals surface area contributed by atoms with Crippen LogP contribution in [0.5, 0.6) is 0 Å². The van der Waals surface area contributed by atoms with E-state index >= 15 is 0 Å². The SMILES string of the molecule is O=C(O)C[C@H](NC(=O)CCn1cnnc1)c1ccccc1. The van der Waals surface area contributed by atoms with E-state index in [2.05, 4.69) is 15.5 Å². The number of benzene rings is 1. The Hall–Kier alpha value is -2.70. The van der Waals surface area contributed by atoms with Crippen molar-refractivity contribution in [1.82, 2.24) is 20.1 Å². The third kappa shape index (κ3) is 4.72. The fourth-order valence-corrected chi connectivity index (χ4v) is 1.95. The molecule has 0 aliphatic carbocycles. The van der Waals surface area contributed by atoms with Gasteiger partial charge in [-0.15, -0.1) is 10.2 Å². The van der Waals surface area contributed by atoms with Crippen molar-refractivity contribution in [2.24, 2.45) is 0 Å². The maximum absolute atomic E-state index is 11.9. The number of carboxylic acid groups (broad SMARTS) is 1. The zero-order chi connectivity index (χ0) is 15.1. The van der Waals surface area contributed by atoms with Gasteiger partial charge in [0.15, 0.2) is 0 Å². The van der Waals surface area contributed by atoms with Crippen LogP contribution < -0.4 is 5.32 Å². The van der Waals surface area contributed by atoms with Crippen LogP contribution in [0, 0.1) is 0 Å². The molecular weight excluding hydrogens is 272 g/mol. The number of hydrogen-bond donors (Lipinski definition) is 2. The highest BCUT2D eigenvalue weighted by Crippen LogP contribution is 2.16. The summed E-state index contributed by atoms with van der Waals surface area (Å²) in [6, 6.07) is 8.54. The molecule has 0 saturated carbocycles. The summed E-state index contributed by atoms with van der Waals surface area (Å²) < 4.78 is 1.69. The minimum absolute atomic E-state index is 0.150. The topological polar surface area (TPSA) is 97.1 Å². The molecule has 0 fully saturated rings. The van der Waals surface area contributed by atoms with Gasteiger partial charge in [-0.25, -0.2) is 0 Å². The lowest BCUT2D eigenvalue weighted by atomic mass is 10.0. The minimum atomic E-state index is -0.956. The van der Waals surface area contributed by atoms with Crippen LogP contribution in [0.2, 0.25) is 0 Å². The molecule has 0 bridgehead atoms. The lowest BCUT2D eigenvalue weighted by Crippen LogP contribution is -2.30. The predicted octanol–water partition coefficient (Wildman–Crippen LogP) is 1.00. The summed E-state index contributed by atoms with van der Waals surface area (Å²) >= 11 is 0. The van der Waals surface area contributed by atoms with Crippen molar-refractivity contribution in [3.8, 4) is 0 Å². The van der Waals surface area contributed by atoms with Gasteiger partial charge in [-0.2, -0.15) is 0 Å². The monoisotopic (exact) mass is 288 g/mol. The smallest absolute Gasteiger partial charge is 0.305 e. The van der Waals surface area contributed by atoms with Crippen LogP contribution in [0.25, 0.3) is 0 Å². The van der Waals surface area contributed by atoms with Crippen LogP contribution in [0.1, 0.15) is 24.4 Å². The first-order valence-electron chi connectivity index (χ1n) is 6.53. The van der Waals surface area contributed by atoms with E-state index in [0.29, 0.717) is 6.54 Å². The molecule has 1 amide bonds. The van der Waals surface area contributed by atoms with E-state index in [1.807, 2.05) is 18.2 Å². The molecule has 0 saturated heterocycles. The van der Waals surface area contributed by atoms with E-state index in [1.165, 1.54) is 12.7 Å². The molecule has 110 valence electrons. The van der Waals surface area contributed by atoms with Crippen LogP contribution in [-0.2, 0) is 16.1 Å². The Morgan fingerprint density at radius 2 is 1.86 bits per heavy atom. The van der Waals surface area contributed by atoms with Gasteiger partial charge in [0.05, 0.1) is 12.5 Å². The zero-order valence-corrected chi connectivity index (χ0v) is 11.3. The normalized spacial score (nSPS) is 11.8. The van der Waals surface area contributed by atoms with Crippen molar-refractivity contribution in [2.45, 2.75) is 25.4 Å². The molecule has 0 spiro atoms. The molecule has 2 N–H and O–H groups in total. The molecule has 2 aromatic rings. The number of aliphatic carboxylic acids is 1. The number of rotatable bonds is 7. The second-order valence-electron chi connectivity index (χ2n) is 4.58. The molecule has 1 aromatic heterocycles. The number of nitrogens with one attached hydrogen (secondary N) is 1. The third-order valence-electron chi connectivity index (χ3n) is 2.98. The highest BCUT2D eigenvalue weighted by Gasteiger charge is 2.17. The largest absolute Gasteiger partial charge is 0.481 e. The molecule has 0 aliphatic heterocycles. The number of amides is 1. The van der Waals surface area contributed by atoms with Gasteiger partial charge in [0.2, 0.25) is 5.91 Å². The summed E-state index contributed by atoms with van der Waals surface area (Å²) in [5.41, 5.74) is 0.776. The van der Waals surface area contributed by atoms with Gasteiger partial charge in [0, 0.05) is 13.0 Å². The van der Waals surface area contributed by atoms with Gasteiger partial charge in [-0.05, 0) is 5.56 Å². The summed E-state index contributed by atoms with van der Waals surface area (Å²) in [5, 5.41) is 19.0. The number of nitrogens with zero attached hydrogens (tertiary/aromatic N) is 3. The average Bonchev–Trinajstić information content (AvgIpc) is 2.98. The van der Waals surface area contributed by atoms with E-state index in [9.17, 15) is 9.59 Å². The van der Waals surface area contributed by atoms with E-state index in [4.69, 9.17) is 5.11 Å². The van der Waals surface area contributed by atoms with Gasteiger partial charge in [0.1, 0.15) is 12.7 Å². The van der Waals surface area contributed by atoms with Gasteiger partial charge < -0.3 is 15.0 Å². The third-order valence-corrected chi connectivity index (χ3v) is 2.98. The summed E-state index contributed by atoms with van der Waals surface area (Å²) in [6.45, 7) is 0.452. The highest BCUT2D eigenvalue weighted by atomic mass is 16.4. The maximum atomic E-state index is 11.9. The van der Waals surface area contributed by atoms with Crippen LogP contribution in [-0.4, -0.2) is 31.7 Å². The van der Waals surface area contributed by atoms with Crippen LogP contribution in [0.3, 0.4) is 0 Å². The van der Waals surface area contributed by atoms with Crippen LogP contribution in [0.15, 0.2) is 43.0 Å². The van der Waals surface area contributed by atoms with E-state index < -0.39 is 12.0 Å². The highest BCUT2D eigenvalue weighted by molar-refractivity contribution is 5.77. The number of carboxylic acids is 1. The fourth-order valence-electron chi connectivity index (χ4n) is 1.95. The molecule has 21 heavy (non-hydrogen) atoms. The molecule has 0 unspecified atom stereocenters. The Morgan fingerprint density at radius 1 is 1.19 bits per heavy atom. The Morgan fingerprint density at radius 3 is 2.48 bits per heavy atom. The number of carbonyl (C=O) groups excluding carboxylic acids is 1. The molecule has 0 aliphatic rings. The van der Waals surface area contributed by atoms with Crippen molar-refractivity contribution in [3.05, 3.63) is 48.5 Å². The van der Waals surface area contributed by atoms with Gasteiger partial charge >= 0.3 is 5.97 Å². The van der Waals surface area contributed by atoms with Crippen molar-refractivity contribution in [1.29, 1.82) is 0 Å². The average molecular weight is 288 g/mol. The summed E-state index contributed by atoms with van der Waals surface area (Å²) in [4.78, 5) is 22.9. The summed E-state index contributed by atoms with van der Waals surface area (Å²) in [5.74, 6) is -1.17. The molecular formula is C14H16N4O3. The Labute approximate surface area is 121 Å². The molecule has 1 atom stereocenters. The van der Waals surface area contributed by atoms with E-state index in [1.54, 1.807) is 16.7 Å². The number of hydrogen-bond acceptors (Lipinski definition) is 4. The first-order chi connectivity index (χ1) is 10.1. The van der Waals surface area contributed by atoms with Crippen molar-refractivity contribution in [2.75, 3.05) is 0 Å². The van der Waals surface area contributed by atoms with Crippen LogP contribution in [0.4, 0.5) is 0 Å². The molecule has 2 rings (SSSR count). The molecule has 7 heteroatoms. The van der Waals surface area contributed by atoms with E-state index in [-0.39, 0.29) is 18.7 Å². The minimum Gasteiger partial charge on any atom is -0.481 e. The van der Waals surface area contributed by atoms with Crippen LogP contribution >= 0.6 is 0 Å².